The van der Waals surface area contributed by atoms with E-state index in [4.69, 9.17) is 9.47 Å². The molecule has 2 fully saturated rings. The summed E-state index contributed by atoms with van der Waals surface area (Å²) in [4.78, 5) is 17.2. The first-order valence-corrected chi connectivity index (χ1v) is 11.2. The molecule has 0 aromatic heterocycles. The van der Waals surface area contributed by atoms with Crippen LogP contribution in [0.25, 0.3) is 0 Å². The third-order valence-corrected chi connectivity index (χ3v) is 6.21. The van der Waals surface area contributed by atoms with E-state index in [1.165, 1.54) is 24.8 Å². The number of methoxy groups -OCH3 is 1. The molecule has 0 aliphatic carbocycles. The van der Waals surface area contributed by atoms with Gasteiger partial charge in [0.05, 0.1) is 7.11 Å². The highest BCUT2D eigenvalue weighted by Gasteiger charge is 2.31. The smallest absolute Gasteiger partial charge is 0.410 e. The number of carbonyl (C=O) groups excluding carboxylic acids is 1. The van der Waals surface area contributed by atoms with E-state index in [1.807, 2.05) is 25.7 Å². The summed E-state index contributed by atoms with van der Waals surface area (Å²) >= 11 is 0. The lowest BCUT2D eigenvalue weighted by molar-refractivity contribution is 0.00742. The van der Waals surface area contributed by atoms with E-state index < -0.39 is 5.60 Å². The van der Waals surface area contributed by atoms with Gasteiger partial charge in [0.1, 0.15) is 11.4 Å². The summed E-state index contributed by atoms with van der Waals surface area (Å²) in [6.07, 6.45) is 6.71. The van der Waals surface area contributed by atoms with E-state index in [9.17, 15) is 4.79 Å². The Bertz CT molecular complexity index is 645. The van der Waals surface area contributed by atoms with Crippen molar-refractivity contribution in [3.63, 3.8) is 0 Å². The second-order valence-corrected chi connectivity index (χ2v) is 9.50. The van der Waals surface area contributed by atoms with Gasteiger partial charge in [-0.05, 0) is 96.0 Å². The lowest BCUT2D eigenvalue weighted by Gasteiger charge is -2.38. The maximum Gasteiger partial charge on any atom is 0.410 e. The van der Waals surface area contributed by atoms with Crippen molar-refractivity contribution < 1.29 is 14.3 Å². The zero-order valence-electron chi connectivity index (χ0n) is 18.7. The van der Waals surface area contributed by atoms with E-state index in [-0.39, 0.29) is 6.09 Å². The summed E-state index contributed by atoms with van der Waals surface area (Å²) in [5, 5.41) is 0. The van der Waals surface area contributed by atoms with Crippen LogP contribution in [-0.4, -0.2) is 60.8 Å². The maximum atomic E-state index is 12.6. The number of amides is 1. The fraction of sp³-hybridized carbons (Fsp3) is 0.708. The zero-order chi connectivity index (χ0) is 20.9. The van der Waals surface area contributed by atoms with Gasteiger partial charge in [-0.1, -0.05) is 12.1 Å². The van der Waals surface area contributed by atoms with Crippen LogP contribution in [0.15, 0.2) is 24.3 Å². The molecule has 5 heteroatoms. The molecule has 2 heterocycles. The topological polar surface area (TPSA) is 42.0 Å². The first-order chi connectivity index (χ1) is 13.9. The van der Waals surface area contributed by atoms with Crippen molar-refractivity contribution >= 4 is 6.09 Å². The second kappa shape index (κ2) is 9.84. The Kier molecular flexibility index (Phi) is 7.44. The lowest BCUT2D eigenvalue weighted by atomic mass is 9.89. The average molecular weight is 403 g/mol. The number of hydrogen-bond donors (Lipinski definition) is 0. The fourth-order valence-electron chi connectivity index (χ4n) is 4.56. The van der Waals surface area contributed by atoms with Crippen molar-refractivity contribution in [2.24, 2.45) is 0 Å². The van der Waals surface area contributed by atoms with Crippen LogP contribution < -0.4 is 4.74 Å². The Morgan fingerprint density at radius 1 is 1.03 bits per heavy atom. The summed E-state index contributed by atoms with van der Waals surface area (Å²) in [5.74, 6) is 1.57. The third kappa shape index (κ3) is 6.36. The molecule has 1 aromatic rings. The Balaban J connectivity index is 1.46. The molecule has 5 nitrogen and oxygen atoms in total. The summed E-state index contributed by atoms with van der Waals surface area (Å²) < 4.78 is 10.9. The summed E-state index contributed by atoms with van der Waals surface area (Å²) in [6.45, 7) is 9.99. The minimum absolute atomic E-state index is 0.139. The molecular formula is C24H38N2O3. The molecule has 1 unspecified atom stereocenters. The van der Waals surface area contributed by atoms with Gasteiger partial charge in [-0.15, -0.1) is 0 Å². The predicted octanol–water partition coefficient (Wildman–Crippen LogP) is 5.05. The van der Waals surface area contributed by atoms with Gasteiger partial charge >= 0.3 is 6.09 Å². The Morgan fingerprint density at radius 3 is 2.34 bits per heavy atom. The first kappa shape index (κ1) is 21.9. The molecule has 29 heavy (non-hydrogen) atoms. The zero-order valence-corrected chi connectivity index (χ0v) is 18.7. The average Bonchev–Trinajstić information content (AvgIpc) is 2.72. The molecule has 0 bridgehead atoms. The Morgan fingerprint density at radius 2 is 1.72 bits per heavy atom. The molecule has 0 saturated carbocycles. The van der Waals surface area contributed by atoms with Gasteiger partial charge in [-0.3, -0.25) is 0 Å². The van der Waals surface area contributed by atoms with Crippen LogP contribution in [0, 0.1) is 0 Å². The maximum absolute atomic E-state index is 12.6. The number of nitrogens with zero attached hydrogens (tertiary/aromatic N) is 2. The van der Waals surface area contributed by atoms with Crippen molar-refractivity contribution in [2.45, 2.75) is 76.9 Å². The quantitative estimate of drug-likeness (QED) is 0.691. The molecule has 0 radical (unpaired) electrons. The van der Waals surface area contributed by atoms with Gasteiger partial charge in [0.2, 0.25) is 0 Å². The number of rotatable bonds is 5. The Hall–Kier alpha value is -1.75. The van der Waals surface area contributed by atoms with Gasteiger partial charge in [0.15, 0.2) is 0 Å². The van der Waals surface area contributed by atoms with E-state index >= 15 is 0 Å². The van der Waals surface area contributed by atoms with Crippen LogP contribution in [-0.2, 0) is 4.74 Å². The normalized spacial score (nSPS) is 21.8. The van der Waals surface area contributed by atoms with Crippen LogP contribution in [0.1, 0.15) is 70.8 Å². The molecule has 1 atom stereocenters. The molecule has 162 valence electrons. The minimum atomic E-state index is -0.428. The molecule has 0 spiro atoms. The van der Waals surface area contributed by atoms with Gasteiger partial charge in [-0.25, -0.2) is 4.79 Å². The van der Waals surface area contributed by atoms with Crippen molar-refractivity contribution in [1.29, 1.82) is 0 Å². The van der Waals surface area contributed by atoms with Crippen LogP contribution >= 0.6 is 0 Å². The van der Waals surface area contributed by atoms with Crippen LogP contribution in [0.4, 0.5) is 4.79 Å². The number of piperidine rings is 2. The molecule has 3 rings (SSSR count). The predicted molar refractivity (Wildman–Crippen MR) is 117 cm³/mol. The highest BCUT2D eigenvalue weighted by molar-refractivity contribution is 5.68. The monoisotopic (exact) mass is 402 g/mol. The lowest BCUT2D eigenvalue weighted by Crippen LogP contribution is -2.47. The van der Waals surface area contributed by atoms with E-state index in [1.54, 1.807) is 7.11 Å². The number of carbonyl (C=O) groups is 1. The minimum Gasteiger partial charge on any atom is -0.497 e. The number of likely N-dealkylation sites (tertiary alicyclic amines) is 2. The van der Waals surface area contributed by atoms with E-state index in [2.05, 4.69) is 29.2 Å². The Labute approximate surface area is 176 Å². The van der Waals surface area contributed by atoms with Crippen molar-refractivity contribution in [3.05, 3.63) is 29.8 Å². The number of hydrogen-bond acceptors (Lipinski definition) is 4. The second-order valence-electron chi connectivity index (χ2n) is 9.50. The summed E-state index contributed by atoms with van der Waals surface area (Å²) in [6, 6.07) is 8.87. The first-order valence-electron chi connectivity index (χ1n) is 11.2. The highest BCUT2D eigenvalue weighted by Crippen LogP contribution is 2.30. The fourth-order valence-corrected chi connectivity index (χ4v) is 4.56. The van der Waals surface area contributed by atoms with E-state index in [0.29, 0.717) is 12.0 Å². The standard InChI is InChI=1S/C24H38N2O3/c1-24(2,3)29-23(27)26-15-6-5-7-21(26)14-18-25-16-12-20(13-17-25)19-8-10-22(28-4)11-9-19/h8-11,20-21H,5-7,12-18H2,1-4H3. The highest BCUT2D eigenvalue weighted by atomic mass is 16.6. The van der Waals surface area contributed by atoms with Gasteiger partial charge in [-0.2, -0.15) is 0 Å². The van der Waals surface area contributed by atoms with Crippen LogP contribution in [0.5, 0.6) is 5.75 Å². The summed E-state index contributed by atoms with van der Waals surface area (Å²) in [5.41, 5.74) is 0.997. The molecular weight excluding hydrogens is 364 g/mol. The molecule has 1 aromatic carbocycles. The third-order valence-electron chi connectivity index (χ3n) is 6.21. The summed E-state index contributed by atoms with van der Waals surface area (Å²) in [7, 11) is 1.71. The van der Waals surface area contributed by atoms with Crippen molar-refractivity contribution in [2.75, 3.05) is 33.3 Å². The molecule has 2 aliphatic heterocycles. The van der Waals surface area contributed by atoms with Gasteiger partial charge in [0, 0.05) is 19.1 Å². The molecule has 1 amide bonds. The van der Waals surface area contributed by atoms with Gasteiger partial charge in [0.25, 0.3) is 0 Å². The number of ether oxygens (including phenoxy) is 2. The molecule has 2 saturated heterocycles. The largest absolute Gasteiger partial charge is 0.497 e. The van der Waals surface area contributed by atoms with Crippen molar-refractivity contribution in [1.82, 2.24) is 9.80 Å². The van der Waals surface area contributed by atoms with Crippen molar-refractivity contribution in [3.8, 4) is 5.75 Å². The van der Waals surface area contributed by atoms with Crippen LogP contribution in [0.2, 0.25) is 0 Å². The molecule has 2 aliphatic rings. The van der Waals surface area contributed by atoms with Gasteiger partial charge < -0.3 is 19.3 Å². The SMILES string of the molecule is COc1ccc(C2CCN(CCC3CCCCN3C(=O)OC(C)(C)C)CC2)cc1. The van der Waals surface area contributed by atoms with Crippen LogP contribution in [0.3, 0.4) is 0 Å². The molecule has 0 N–H and O–H groups in total. The van der Waals surface area contributed by atoms with E-state index in [0.717, 1.165) is 51.2 Å². The number of benzene rings is 1.